The number of imidazole rings is 1. The number of alkyl carbamates (subject to hydrolysis) is 1. The largest absolute Gasteiger partial charge is 0.472 e. The molecule has 2 aliphatic heterocycles. The number of aliphatic hydroxyl groups is 2. The number of ether oxygens (including phenoxy) is 4. The molecule has 4 aromatic rings. The number of carbonyl (C=O) groups is 2. The first kappa shape index (κ1) is 51.5. The van der Waals surface area contributed by atoms with Crippen molar-refractivity contribution in [2.75, 3.05) is 30.4 Å². The maximum atomic E-state index is 14.0. The van der Waals surface area contributed by atoms with Crippen LogP contribution in [0.1, 0.15) is 38.8 Å². The minimum atomic E-state index is -5.46. The highest BCUT2D eigenvalue weighted by molar-refractivity contribution is 8.77. The Morgan fingerprint density at radius 1 is 0.985 bits per heavy atom. The van der Waals surface area contributed by atoms with Crippen LogP contribution in [0, 0.1) is 0 Å². The van der Waals surface area contributed by atoms with Gasteiger partial charge in [0.25, 0.3) is 0 Å². The summed E-state index contributed by atoms with van der Waals surface area (Å²) >= 11 is 0. The SMILES string of the molecule is CC(C)(C)SSCC(NC(=O)OCc1ccc(N=[N+]=[N-])cc1)C(=O)O[C@H]1[C@@H](O)[C@H](n2cnc3c(N)ncnc32)O[C@@H]1COP(=O)(O)O[C@H]1[C@@H](O)[C@H](n2ccc(N)nc2=O)O[C@@H]1COP(=O)(O)O. The molecule has 0 saturated carbocycles. The van der Waals surface area contributed by atoms with Crippen molar-refractivity contribution in [2.45, 2.75) is 87.2 Å². The van der Waals surface area contributed by atoms with Gasteiger partial charge < -0.3 is 60.6 Å². The van der Waals surface area contributed by atoms with Crippen LogP contribution in [0.3, 0.4) is 0 Å². The fourth-order valence-corrected chi connectivity index (χ4v) is 10.1. The third-order valence-electron chi connectivity index (χ3n) is 9.31. The van der Waals surface area contributed by atoms with Crippen LogP contribution in [0.5, 0.6) is 0 Å². The van der Waals surface area contributed by atoms with E-state index < -0.39 is 102 Å². The lowest BCUT2D eigenvalue weighted by molar-refractivity contribution is -0.158. The highest BCUT2D eigenvalue weighted by atomic mass is 33.1. The van der Waals surface area contributed by atoms with E-state index in [0.29, 0.717) is 11.3 Å². The minimum Gasteiger partial charge on any atom is -0.455 e. The number of esters is 1. The molecular weight excluding hydrogens is 975 g/mol. The molecular formula is C34H44N12O17P2S2. The van der Waals surface area contributed by atoms with E-state index in [1.807, 2.05) is 20.8 Å². The fraction of sp³-hybridized carbons (Fsp3) is 0.500. The number of nitrogens with zero attached hydrogens (tertiary/aromatic N) is 9. The Kier molecular flexibility index (Phi) is 16.6. The predicted molar refractivity (Wildman–Crippen MR) is 233 cm³/mol. The second kappa shape index (κ2) is 21.6. The lowest BCUT2D eigenvalue weighted by Crippen LogP contribution is -2.48. The molecule has 0 aliphatic carbocycles. The van der Waals surface area contributed by atoms with Gasteiger partial charge in [-0.05, 0) is 17.2 Å². The molecule has 2 saturated heterocycles. The summed E-state index contributed by atoms with van der Waals surface area (Å²) in [5, 5.41) is 28.9. The lowest BCUT2D eigenvalue weighted by Gasteiger charge is -2.26. The van der Waals surface area contributed by atoms with E-state index in [1.54, 1.807) is 12.1 Å². The van der Waals surface area contributed by atoms with E-state index in [2.05, 4.69) is 39.8 Å². The zero-order valence-corrected chi connectivity index (χ0v) is 38.6. The Labute approximate surface area is 385 Å². The highest BCUT2D eigenvalue weighted by Gasteiger charge is 2.52. The van der Waals surface area contributed by atoms with Crippen molar-refractivity contribution in [1.29, 1.82) is 0 Å². The van der Waals surface area contributed by atoms with Crippen LogP contribution in [0.4, 0.5) is 22.1 Å². The van der Waals surface area contributed by atoms with Crippen LogP contribution in [0.15, 0.2) is 59.1 Å². The van der Waals surface area contributed by atoms with Gasteiger partial charge in [0, 0.05) is 27.3 Å². The third-order valence-corrected chi connectivity index (χ3v) is 14.1. The molecule has 67 heavy (non-hydrogen) atoms. The van der Waals surface area contributed by atoms with Gasteiger partial charge in [-0.2, -0.15) is 4.98 Å². The van der Waals surface area contributed by atoms with Crippen molar-refractivity contribution >= 4 is 77.8 Å². The molecule has 10 atom stereocenters. The first-order chi connectivity index (χ1) is 31.5. The Morgan fingerprint density at radius 2 is 1.64 bits per heavy atom. The zero-order valence-electron chi connectivity index (χ0n) is 35.2. The molecule has 1 amide bonds. The number of azide groups is 1. The molecule has 10 N–H and O–H groups in total. The first-order valence-corrected chi connectivity index (χ1v) is 24.8. The summed E-state index contributed by atoms with van der Waals surface area (Å²) in [6.45, 7) is 3.46. The number of hydrogen-bond donors (Lipinski definition) is 8. The van der Waals surface area contributed by atoms with E-state index in [4.69, 9.17) is 45.0 Å². The summed E-state index contributed by atoms with van der Waals surface area (Å²) in [6, 6.07) is 5.85. The second-order valence-electron chi connectivity index (χ2n) is 15.4. The molecule has 0 spiro atoms. The molecule has 2 aliphatic rings. The number of aliphatic hydroxyl groups excluding tert-OH is 2. The van der Waals surface area contributed by atoms with Gasteiger partial charge in [0.2, 0.25) is 0 Å². The van der Waals surface area contributed by atoms with Crippen LogP contribution in [-0.2, 0) is 53.1 Å². The number of rotatable bonds is 19. The predicted octanol–water partition coefficient (Wildman–Crippen LogP) is 1.70. The summed E-state index contributed by atoms with van der Waals surface area (Å²) in [5.74, 6) is -1.43. The molecule has 2 unspecified atom stereocenters. The van der Waals surface area contributed by atoms with Gasteiger partial charge in [-0.25, -0.2) is 38.5 Å². The standard InChI is InChI=1S/C34H44N12O17P2S2/c1-34(2,3)67-66-13-18(41-33(51)57-10-16-4-6-17(7-5-16)43-44-37)31(49)62-25-19(60-30(23(25)47)46-15-40-22-27(36)38-14-39-28(22)46)12-59-65(55,56)63-26-20(11-58-64(52,53)54)61-29(24(26)48)45-9-8-21(35)42-32(45)50/h4-9,14-15,18-20,23-26,29-30,47-48H,10-13H2,1-3H3,(H,41,51)(H,55,56)(H2,35,42,50)(H2,36,38,39)(H2,52,53,54)/t18?,19-,20-,23-,24-,25-,26-,29-,30-/m1/s1. The number of nitrogen functional groups attached to an aromatic ring is 2. The van der Waals surface area contributed by atoms with Gasteiger partial charge in [-0.15, -0.1) is 0 Å². The van der Waals surface area contributed by atoms with Crippen LogP contribution < -0.4 is 22.5 Å². The summed E-state index contributed by atoms with van der Waals surface area (Å²) in [6.07, 6.45) is -11.8. The molecule has 29 nitrogen and oxygen atoms in total. The van der Waals surface area contributed by atoms with Gasteiger partial charge in [0.15, 0.2) is 30.0 Å². The van der Waals surface area contributed by atoms with Crippen LogP contribution >= 0.6 is 37.2 Å². The number of phosphoric ester groups is 2. The average Bonchev–Trinajstić information content (AvgIpc) is 3.91. The lowest BCUT2D eigenvalue weighted by atomic mass is 10.1. The van der Waals surface area contributed by atoms with Crippen molar-refractivity contribution in [3.63, 3.8) is 0 Å². The van der Waals surface area contributed by atoms with Gasteiger partial charge >= 0.3 is 33.4 Å². The maximum absolute atomic E-state index is 14.0. The minimum absolute atomic E-state index is 0.0311. The maximum Gasteiger partial charge on any atom is 0.472 e. The number of hydrogen-bond acceptors (Lipinski definition) is 23. The molecule has 3 aromatic heterocycles. The van der Waals surface area contributed by atoms with Crippen molar-refractivity contribution in [3.8, 4) is 0 Å². The molecule has 2 fully saturated rings. The Balaban J connectivity index is 1.22. The fourth-order valence-electron chi connectivity index (χ4n) is 6.35. The Hall–Kier alpha value is -4.94. The number of phosphoric acid groups is 2. The molecule has 6 rings (SSSR count). The van der Waals surface area contributed by atoms with E-state index in [-0.39, 0.29) is 39.9 Å². The van der Waals surface area contributed by atoms with Crippen LogP contribution in [0.25, 0.3) is 21.6 Å². The molecule has 33 heteroatoms. The van der Waals surface area contributed by atoms with Gasteiger partial charge in [-0.1, -0.05) is 71.7 Å². The molecule has 1 aromatic carbocycles. The number of amides is 1. The highest BCUT2D eigenvalue weighted by Crippen LogP contribution is 2.50. The molecule has 5 heterocycles. The van der Waals surface area contributed by atoms with Gasteiger partial charge in [0.05, 0.1) is 19.5 Å². The van der Waals surface area contributed by atoms with E-state index in [9.17, 15) is 48.4 Å². The van der Waals surface area contributed by atoms with Crippen molar-refractivity contribution in [1.82, 2.24) is 34.4 Å². The number of nitrogens with two attached hydrogens (primary N) is 2. The van der Waals surface area contributed by atoms with Gasteiger partial charge in [-0.3, -0.25) is 22.7 Å². The zero-order chi connectivity index (χ0) is 48.8. The second-order valence-corrected chi connectivity index (χ2v) is 21.2. The Bertz CT molecular complexity index is 2610. The number of anilines is 2. The molecule has 364 valence electrons. The van der Waals surface area contributed by atoms with Crippen LogP contribution in [-0.4, -0.2) is 132 Å². The van der Waals surface area contributed by atoms with E-state index >= 15 is 0 Å². The summed E-state index contributed by atoms with van der Waals surface area (Å²) in [7, 11) is -8.07. The molecule has 0 bridgehead atoms. The monoisotopic (exact) mass is 1020 g/mol. The Morgan fingerprint density at radius 3 is 2.30 bits per heavy atom. The third kappa shape index (κ3) is 13.6. The normalized spacial score (nSPS) is 24.4. The van der Waals surface area contributed by atoms with E-state index in [1.165, 1.54) is 50.7 Å². The number of aromatic nitrogens is 6. The van der Waals surface area contributed by atoms with Crippen molar-refractivity contribution < 1.29 is 76.1 Å². The number of carbonyl (C=O) groups excluding carboxylic acids is 2. The van der Waals surface area contributed by atoms with Crippen molar-refractivity contribution in [3.05, 3.63) is 75.7 Å². The summed E-state index contributed by atoms with van der Waals surface area (Å²) in [5.41, 5.74) is 20.1. The van der Waals surface area contributed by atoms with Crippen molar-refractivity contribution in [2.24, 2.45) is 5.11 Å². The number of nitrogens with one attached hydrogen (secondary N) is 1. The average molecular weight is 1020 g/mol. The summed E-state index contributed by atoms with van der Waals surface area (Å²) in [4.78, 5) is 87.8. The van der Waals surface area contributed by atoms with Gasteiger partial charge in [0.1, 0.15) is 60.8 Å². The number of benzene rings is 1. The van der Waals surface area contributed by atoms with Crippen LogP contribution in [0.2, 0.25) is 0 Å². The quantitative estimate of drug-likeness (QED) is 0.0165. The first-order valence-electron chi connectivity index (χ1n) is 19.4. The topological polar surface area (TPSA) is 425 Å². The number of fused-ring (bicyclic) bond motifs is 1. The molecule has 0 radical (unpaired) electrons. The smallest absolute Gasteiger partial charge is 0.455 e. The summed E-state index contributed by atoms with van der Waals surface area (Å²) < 4.78 is 64.7. The van der Waals surface area contributed by atoms with E-state index in [0.717, 1.165) is 17.1 Å².